The van der Waals surface area contributed by atoms with E-state index >= 15 is 0 Å². The number of hydrazine groups is 1. The molecule has 0 bridgehead atoms. The lowest BCUT2D eigenvalue weighted by atomic mass is 10.1. The summed E-state index contributed by atoms with van der Waals surface area (Å²) in [7, 11) is 0. The SMILES string of the molecule is CCC(NN)C1CN2CCCC2CO1. The highest BCUT2D eigenvalue weighted by molar-refractivity contribution is 4.88. The normalized spacial score (nSPS) is 35.6. The summed E-state index contributed by atoms with van der Waals surface area (Å²) in [6, 6.07) is 0.984. The average molecular weight is 199 g/mol. The van der Waals surface area contributed by atoms with Crippen molar-refractivity contribution in [3.8, 4) is 0 Å². The van der Waals surface area contributed by atoms with Gasteiger partial charge in [-0.3, -0.25) is 16.2 Å². The van der Waals surface area contributed by atoms with Crippen LogP contribution in [0.5, 0.6) is 0 Å². The maximum Gasteiger partial charge on any atom is 0.0868 e. The monoisotopic (exact) mass is 199 g/mol. The van der Waals surface area contributed by atoms with Crippen LogP contribution < -0.4 is 11.3 Å². The van der Waals surface area contributed by atoms with Crippen molar-refractivity contribution >= 4 is 0 Å². The zero-order chi connectivity index (χ0) is 9.97. The van der Waals surface area contributed by atoms with E-state index < -0.39 is 0 Å². The highest BCUT2D eigenvalue weighted by Crippen LogP contribution is 2.24. The highest BCUT2D eigenvalue weighted by Gasteiger charge is 2.34. The number of ether oxygens (including phenoxy) is 1. The smallest absolute Gasteiger partial charge is 0.0868 e. The number of hydrogen-bond acceptors (Lipinski definition) is 4. The van der Waals surface area contributed by atoms with Gasteiger partial charge in [0, 0.05) is 18.6 Å². The van der Waals surface area contributed by atoms with Gasteiger partial charge in [0.05, 0.1) is 12.7 Å². The van der Waals surface area contributed by atoms with E-state index in [0.717, 1.165) is 19.6 Å². The van der Waals surface area contributed by atoms with Crippen LogP contribution >= 0.6 is 0 Å². The van der Waals surface area contributed by atoms with Crippen LogP contribution in [0.2, 0.25) is 0 Å². The second kappa shape index (κ2) is 4.57. The van der Waals surface area contributed by atoms with E-state index in [9.17, 15) is 0 Å². The molecule has 4 heteroatoms. The molecule has 0 aromatic carbocycles. The number of morpholine rings is 1. The molecule has 2 saturated heterocycles. The minimum atomic E-state index is 0.277. The molecule has 0 aliphatic carbocycles. The Bertz CT molecular complexity index is 184. The van der Waals surface area contributed by atoms with Gasteiger partial charge in [-0.15, -0.1) is 0 Å². The number of hydrogen-bond donors (Lipinski definition) is 2. The van der Waals surface area contributed by atoms with Crippen molar-refractivity contribution in [1.29, 1.82) is 0 Å². The highest BCUT2D eigenvalue weighted by atomic mass is 16.5. The standard InChI is InChI=1S/C10H21N3O/c1-2-9(12-11)10-6-13-5-3-4-8(13)7-14-10/h8-10,12H,2-7,11H2,1H3. The summed E-state index contributed by atoms with van der Waals surface area (Å²) in [5.74, 6) is 5.50. The number of rotatable bonds is 3. The zero-order valence-electron chi connectivity index (χ0n) is 8.91. The van der Waals surface area contributed by atoms with Gasteiger partial charge in [0.2, 0.25) is 0 Å². The minimum absolute atomic E-state index is 0.277. The van der Waals surface area contributed by atoms with E-state index in [1.807, 2.05) is 0 Å². The summed E-state index contributed by atoms with van der Waals surface area (Å²) in [6.07, 6.45) is 3.94. The molecule has 2 rings (SSSR count). The summed E-state index contributed by atoms with van der Waals surface area (Å²) in [5.41, 5.74) is 2.85. The molecule has 14 heavy (non-hydrogen) atoms. The molecule has 3 N–H and O–H groups in total. The van der Waals surface area contributed by atoms with Gasteiger partial charge in [0.25, 0.3) is 0 Å². The van der Waals surface area contributed by atoms with E-state index in [1.54, 1.807) is 0 Å². The van der Waals surface area contributed by atoms with Gasteiger partial charge in [-0.25, -0.2) is 0 Å². The van der Waals surface area contributed by atoms with Gasteiger partial charge in [-0.2, -0.15) is 0 Å². The Hall–Kier alpha value is -0.160. The predicted octanol–water partition coefficient (Wildman–Crippen LogP) is 0.0915. The largest absolute Gasteiger partial charge is 0.374 e. The third kappa shape index (κ3) is 1.93. The molecule has 0 aromatic heterocycles. The van der Waals surface area contributed by atoms with Crippen LogP contribution in [0.15, 0.2) is 0 Å². The van der Waals surface area contributed by atoms with Crippen LogP contribution in [0.1, 0.15) is 26.2 Å². The molecule has 0 spiro atoms. The number of nitrogens with two attached hydrogens (primary N) is 1. The van der Waals surface area contributed by atoms with E-state index in [-0.39, 0.29) is 6.10 Å². The minimum Gasteiger partial charge on any atom is -0.374 e. The maximum atomic E-state index is 5.85. The lowest BCUT2D eigenvalue weighted by Gasteiger charge is -2.38. The lowest BCUT2D eigenvalue weighted by Crippen LogP contribution is -2.55. The van der Waals surface area contributed by atoms with E-state index in [4.69, 9.17) is 10.6 Å². The van der Waals surface area contributed by atoms with Gasteiger partial charge in [-0.1, -0.05) is 6.92 Å². The Labute approximate surface area is 85.7 Å². The Balaban J connectivity index is 1.90. The van der Waals surface area contributed by atoms with Crippen molar-refractivity contribution in [2.45, 2.75) is 44.4 Å². The molecule has 3 atom stereocenters. The molecule has 82 valence electrons. The number of nitrogens with one attached hydrogen (secondary N) is 1. The van der Waals surface area contributed by atoms with Crippen LogP contribution in [0, 0.1) is 0 Å². The van der Waals surface area contributed by atoms with Gasteiger partial charge in [0.15, 0.2) is 0 Å². The fraction of sp³-hybridized carbons (Fsp3) is 1.00. The molecule has 2 aliphatic heterocycles. The maximum absolute atomic E-state index is 5.85. The zero-order valence-corrected chi connectivity index (χ0v) is 8.91. The Morgan fingerprint density at radius 2 is 2.50 bits per heavy atom. The van der Waals surface area contributed by atoms with E-state index in [2.05, 4.69) is 17.2 Å². The topological polar surface area (TPSA) is 50.5 Å². The van der Waals surface area contributed by atoms with E-state index in [1.165, 1.54) is 19.4 Å². The first-order chi connectivity index (χ1) is 6.85. The van der Waals surface area contributed by atoms with Gasteiger partial charge in [0.1, 0.15) is 0 Å². The van der Waals surface area contributed by atoms with Crippen LogP contribution in [-0.2, 0) is 4.74 Å². The molecular formula is C10H21N3O. The van der Waals surface area contributed by atoms with Crippen molar-refractivity contribution in [2.24, 2.45) is 5.84 Å². The number of fused-ring (bicyclic) bond motifs is 1. The molecule has 2 fully saturated rings. The van der Waals surface area contributed by atoms with Gasteiger partial charge >= 0.3 is 0 Å². The lowest BCUT2D eigenvalue weighted by molar-refractivity contribution is -0.0649. The summed E-state index contributed by atoms with van der Waals surface area (Å²) in [6.45, 7) is 5.33. The fourth-order valence-corrected chi connectivity index (χ4v) is 2.57. The quantitative estimate of drug-likeness (QED) is 0.500. The molecule has 2 aliphatic rings. The third-order valence-electron chi connectivity index (χ3n) is 3.52. The number of nitrogens with zero attached hydrogens (tertiary/aromatic N) is 1. The van der Waals surface area contributed by atoms with E-state index in [0.29, 0.717) is 12.1 Å². The second-order valence-electron chi connectivity index (χ2n) is 4.34. The summed E-state index contributed by atoms with van der Waals surface area (Å²) in [5, 5.41) is 0. The molecule has 0 radical (unpaired) electrons. The predicted molar refractivity (Wildman–Crippen MR) is 55.7 cm³/mol. The molecule has 4 nitrogen and oxygen atoms in total. The van der Waals surface area contributed by atoms with Crippen LogP contribution in [0.25, 0.3) is 0 Å². The van der Waals surface area contributed by atoms with Crippen LogP contribution in [-0.4, -0.2) is 42.8 Å². The van der Waals surface area contributed by atoms with Gasteiger partial charge < -0.3 is 4.74 Å². The van der Waals surface area contributed by atoms with Crippen molar-refractivity contribution in [1.82, 2.24) is 10.3 Å². The summed E-state index contributed by atoms with van der Waals surface area (Å²) in [4.78, 5) is 2.55. The van der Waals surface area contributed by atoms with Crippen molar-refractivity contribution < 1.29 is 4.74 Å². The average Bonchev–Trinajstić information content (AvgIpc) is 2.66. The van der Waals surface area contributed by atoms with Gasteiger partial charge in [-0.05, 0) is 25.8 Å². The molecule has 0 aromatic rings. The van der Waals surface area contributed by atoms with Crippen molar-refractivity contribution in [2.75, 3.05) is 19.7 Å². The fourth-order valence-electron chi connectivity index (χ4n) is 2.57. The molecule has 0 saturated carbocycles. The van der Waals surface area contributed by atoms with Crippen LogP contribution in [0.4, 0.5) is 0 Å². The molecule has 2 heterocycles. The third-order valence-corrected chi connectivity index (χ3v) is 3.52. The molecular weight excluding hydrogens is 178 g/mol. The Morgan fingerprint density at radius 1 is 1.64 bits per heavy atom. The Kier molecular flexibility index (Phi) is 3.38. The summed E-state index contributed by atoms with van der Waals surface area (Å²) < 4.78 is 5.85. The molecule has 0 amide bonds. The molecule has 3 unspecified atom stereocenters. The first kappa shape index (κ1) is 10.4. The Morgan fingerprint density at radius 3 is 3.21 bits per heavy atom. The first-order valence-electron chi connectivity index (χ1n) is 5.67. The summed E-state index contributed by atoms with van der Waals surface area (Å²) >= 11 is 0. The van der Waals surface area contributed by atoms with Crippen molar-refractivity contribution in [3.63, 3.8) is 0 Å². The van der Waals surface area contributed by atoms with Crippen molar-refractivity contribution in [3.05, 3.63) is 0 Å². The second-order valence-corrected chi connectivity index (χ2v) is 4.34. The first-order valence-corrected chi connectivity index (χ1v) is 5.67. The van der Waals surface area contributed by atoms with Crippen LogP contribution in [0.3, 0.4) is 0 Å².